The van der Waals surface area contributed by atoms with Gasteiger partial charge in [-0.15, -0.1) is 0 Å². The van der Waals surface area contributed by atoms with E-state index >= 15 is 0 Å². The van der Waals surface area contributed by atoms with E-state index in [2.05, 4.69) is 5.32 Å². The van der Waals surface area contributed by atoms with Crippen LogP contribution in [0, 0.1) is 0 Å². The molecule has 88 valence electrons. The van der Waals surface area contributed by atoms with E-state index in [0.717, 1.165) is 0 Å². The van der Waals surface area contributed by atoms with Gasteiger partial charge in [0.2, 0.25) is 5.91 Å². The summed E-state index contributed by atoms with van der Waals surface area (Å²) < 4.78 is 0. The Morgan fingerprint density at radius 1 is 1.40 bits per heavy atom. The van der Waals surface area contributed by atoms with E-state index in [1.807, 2.05) is 6.92 Å². The molecule has 0 aliphatic carbocycles. The SMILES string of the molecule is CCNC(C)(C)C(=O)N1CC(O)C(O)C1. The number of rotatable bonds is 3. The van der Waals surface area contributed by atoms with E-state index in [0.29, 0.717) is 6.54 Å². The number of nitrogens with zero attached hydrogens (tertiary/aromatic N) is 1. The fourth-order valence-corrected chi connectivity index (χ4v) is 1.85. The maximum Gasteiger partial charge on any atom is 0.242 e. The van der Waals surface area contributed by atoms with Crippen LogP contribution in [0.5, 0.6) is 0 Å². The van der Waals surface area contributed by atoms with Gasteiger partial charge < -0.3 is 20.4 Å². The smallest absolute Gasteiger partial charge is 0.242 e. The number of hydrogen-bond acceptors (Lipinski definition) is 4. The van der Waals surface area contributed by atoms with Crippen molar-refractivity contribution >= 4 is 5.91 Å². The number of aliphatic hydroxyl groups excluding tert-OH is 2. The van der Waals surface area contributed by atoms with E-state index in [-0.39, 0.29) is 19.0 Å². The van der Waals surface area contributed by atoms with Crippen LogP contribution in [0.3, 0.4) is 0 Å². The molecule has 1 aliphatic rings. The molecule has 0 saturated carbocycles. The Labute approximate surface area is 90.1 Å². The number of aliphatic hydroxyl groups is 2. The molecule has 3 N–H and O–H groups in total. The number of amides is 1. The number of likely N-dealkylation sites (N-methyl/N-ethyl adjacent to an activating group) is 1. The predicted molar refractivity (Wildman–Crippen MR) is 56.3 cm³/mol. The zero-order valence-electron chi connectivity index (χ0n) is 9.53. The normalized spacial score (nSPS) is 27.1. The molecule has 2 unspecified atom stereocenters. The van der Waals surface area contributed by atoms with Gasteiger partial charge in [-0.3, -0.25) is 4.79 Å². The van der Waals surface area contributed by atoms with E-state index < -0.39 is 17.7 Å². The molecule has 0 aromatic rings. The van der Waals surface area contributed by atoms with E-state index in [1.165, 1.54) is 4.90 Å². The van der Waals surface area contributed by atoms with Crippen molar-refractivity contribution in [2.24, 2.45) is 0 Å². The fourth-order valence-electron chi connectivity index (χ4n) is 1.85. The van der Waals surface area contributed by atoms with Crippen molar-refractivity contribution in [1.29, 1.82) is 0 Å². The molecule has 1 rings (SSSR count). The molecular formula is C10H20N2O3. The van der Waals surface area contributed by atoms with Gasteiger partial charge in [-0.25, -0.2) is 0 Å². The van der Waals surface area contributed by atoms with Gasteiger partial charge >= 0.3 is 0 Å². The lowest BCUT2D eigenvalue weighted by atomic mass is 10.0. The van der Waals surface area contributed by atoms with Crippen molar-refractivity contribution in [3.63, 3.8) is 0 Å². The van der Waals surface area contributed by atoms with Gasteiger partial charge in [-0.2, -0.15) is 0 Å². The molecule has 1 fully saturated rings. The van der Waals surface area contributed by atoms with Crippen LogP contribution < -0.4 is 5.32 Å². The third kappa shape index (κ3) is 2.68. The zero-order valence-corrected chi connectivity index (χ0v) is 9.53. The molecule has 5 heteroatoms. The highest BCUT2D eigenvalue weighted by molar-refractivity contribution is 5.85. The lowest BCUT2D eigenvalue weighted by molar-refractivity contribution is -0.136. The topological polar surface area (TPSA) is 72.8 Å². The van der Waals surface area contributed by atoms with E-state index in [9.17, 15) is 15.0 Å². The van der Waals surface area contributed by atoms with E-state index in [4.69, 9.17) is 0 Å². The van der Waals surface area contributed by atoms with Gasteiger partial charge in [0.05, 0.1) is 17.7 Å². The number of carbonyl (C=O) groups is 1. The Morgan fingerprint density at radius 2 is 1.87 bits per heavy atom. The monoisotopic (exact) mass is 216 g/mol. The Morgan fingerprint density at radius 3 is 2.27 bits per heavy atom. The van der Waals surface area contributed by atoms with E-state index in [1.54, 1.807) is 13.8 Å². The molecule has 0 bridgehead atoms. The highest BCUT2D eigenvalue weighted by atomic mass is 16.3. The van der Waals surface area contributed by atoms with Crippen LogP contribution in [0.1, 0.15) is 20.8 Å². The van der Waals surface area contributed by atoms with Crippen molar-refractivity contribution in [1.82, 2.24) is 10.2 Å². The Hall–Kier alpha value is -0.650. The largest absolute Gasteiger partial charge is 0.388 e. The minimum Gasteiger partial charge on any atom is -0.388 e. The van der Waals surface area contributed by atoms with Gasteiger partial charge in [-0.05, 0) is 20.4 Å². The van der Waals surface area contributed by atoms with Crippen molar-refractivity contribution in [3.05, 3.63) is 0 Å². The minimum absolute atomic E-state index is 0.0834. The summed E-state index contributed by atoms with van der Waals surface area (Å²) in [6.07, 6.45) is -1.63. The number of hydrogen-bond donors (Lipinski definition) is 3. The van der Waals surface area contributed by atoms with Crippen LogP contribution in [0.15, 0.2) is 0 Å². The minimum atomic E-state index is -0.814. The molecule has 5 nitrogen and oxygen atoms in total. The number of likely N-dealkylation sites (tertiary alicyclic amines) is 1. The molecule has 0 aromatic carbocycles. The highest BCUT2D eigenvalue weighted by Gasteiger charge is 2.38. The van der Waals surface area contributed by atoms with Crippen molar-refractivity contribution in [2.75, 3.05) is 19.6 Å². The van der Waals surface area contributed by atoms with Crippen molar-refractivity contribution < 1.29 is 15.0 Å². The average molecular weight is 216 g/mol. The second-order valence-electron chi connectivity index (χ2n) is 4.50. The van der Waals surface area contributed by atoms with Crippen LogP contribution in [0.4, 0.5) is 0 Å². The number of carbonyl (C=O) groups excluding carboxylic acids is 1. The first-order valence-corrected chi connectivity index (χ1v) is 5.29. The van der Waals surface area contributed by atoms with Gasteiger partial charge in [0.25, 0.3) is 0 Å². The first-order valence-electron chi connectivity index (χ1n) is 5.29. The van der Waals surface area contributed by atoms with Gasteiger partial charge in [-0.1, -0.05) is 6.92 Å². The lowest BCUT2D eigenvalue weighted by Gasteiger charge is -2.29. The lowest BCUT2D eigenvalue weighted by Crippen LogP contribution is -2.53. The molecule has 15 heavy (non-hydrogen) atoms. The summed E-state index contributed by atoms with van der Waals surface area (Å²) in [4.78, 5) is 13.5. The maximum absolute atomic E-state index is 12.0. The van der Waals surface area contributed by atoms with Crippen LogP contribution >= 0.6 is 0 Å². The Bertz CT molecular complexity index is 233. The van der Waals surface area contributed by atoms with Gasteiger partial charge in [0.1, 0.15) is 0 Å². The van der Waals surface area contributed by atoms with Crippen molar-refractivity contribution in [2.45, 2.75) is 38.5 Å². The molecule has 1 saturated heterocycles. The summed E-state index contributed by atoms with van der Waals surface area (Å²) >= 11 is 0. The molecule has 0 spiro atoms. The number of nitrogens with one attached hydrogen (secondary N) is 1. The molecule has 2 atom stereocenters. The first kappa shape index (κ1) is 12.4. The second-order valence-corrected chi connectivity index (χ2v) is 4.50. The second kappa shape index (κ2) is 4.47. The molecule has 1 amide bonds. The Kier molecular flexibility index (Phi) is 3.70. The third-order valence-corrected chi connectivity index (χ3v) is 2.70. The van der Waals surface area contributed by atoms with Crippen LogP contribution in [-0.2, 0) is 4.79 Å². The summed E-state index contributed by atoms with van der Waals surface area (Å²) in [6.45, 7) is 6.68. The molecule has 1 aliphatic heterocycles. The molecule has 0 radical (unpaired) electrons. The predicted octanol–water partition coefficient (Wildman–Crippen LogP) is -1.06. The van der Waals surface area contributed by atoms with Crippen molar-refractivity contribution in [3.8, 4) is 0 Å². The number of β-amino-alcohol motifs (C(OH)–C–C–N with tert-alkyl or cyclic N) is 2. The summed E-state index contributed by atoms with van der Waals surface area (Å²) in [5.41, 5.74) is -0.640. The maximum atomic E-state index is 12.0. The Balaban J connectivity index is 2.62. The first-order chi connectivity index (χ1) is 6.88. The van der Waals surface area contributed by atoms with Gasteiger partial charge in [0, 0.05) is 13.1 Å². The van der Waals surface area contributed by atoms with Crippen LogP contribution in [0.25, 0.3) is 0 Å². The van der Waals surface area contributed by atoms with Crippen LogP contribution in [-0.4, -0.2) is 58.4 Å². The summed E-state index contributed by atoms with van der Waals surface area (Å²) in [5, 5.41) is 21.8. The standard InChI is InChI=1S/C10H20N2O3/c1-4-11-10(2,3)9(15)12-5-7(13)8(14)6-12/h7-8,11,13-14H,4-6H2,1-3H3. The fraction of sp³-hybridized carbons (Fsp3) is 0.900. The summed E-state index contributed by atoms with van der Waals surface area (Å²) in [6, 6.07) is 0. The van der Waals surface area contributed by atoms with Gasteiger partial charge in [0.15, 0.2) is 0 Å². The summed E-state index contributed by atoms with van der Waals surface area (Å²) in [7, 11) is 0. The van der Waals surface area contributed by atoms with Crippen LogP contribution in [0.2, 0.25) is 0 Å². The quantitative estimate of drug-likeness (QED) is 0.562. The average Bonchev–Trinajstić information content (AvgIpc) is 2.45. The molecule has 1 heterocycles. The molecular weight excluding hydrogens is 196 g/mol. The highest BCUT2D eigenvalue weighted by Crippen LogP contribution is 2.15. The summed E-state index contributed by atoms with van der Waals surface area (Å²) in [5.74, 6) is -0.0834. The molecule has 0 aromatic heterocycles. The zero-order chi connectivity index (χ0) is 11.6. The third-order valence-electron chi connectivity index (χ3n) is 2.70.